The van der Waals surface area contributed by atoms with E-state index in [1.165, 1.54) is 25.8 Å². The molecule has 1 nitrogen and oxygen atoms in total. The molecular formula is C13H21N. The fraction of sp³-hybridized carbons (Fsp3) is 0.692. The lowest BCUT2D eigenvalue weighted by Gasteiger charge is -2.23. The smallest absolute Gasteiger partial charge is 0.00220 e. The molecule has 0 radical (unpaired) electrons. The van der Waals surface area contributed by atoms with E-state index in [4.69, 9.17) is 0 Å². The SMILES string of the molecule is CN(C)CCC1CCC2C=CC=CC21. The number of fused-ring (bicyclic) bond motifs is 1. The summed E-state index contributed by atoms with van der Waals surface area (Å²) in [7, 11) is 4.34. The van der Waals surface area contributed by atoms with Crippen LogP contribution in [0.1, 0.15) is 19.3 Å². The van der Waals surface area contributed by atoms with E-state index in [0.717, 1.165) is 17.8 Å². The highest BCUT2D eigenvalue weighted by atomic mass is 15.0. The molecule has 0 bridgehead atoms. The highest BCUT2D eigenvalue weighted by molar-refractivity contribution is 5.17. The van der Waals surface area contributed by atoms with E-state index in [0.29, 0.717) is 0 Å². The van der Waals surface area contributed by atoms with Crippen LogP contribution in [-0.2, 0) is 0 Å². The molecule has 1 fully saturated rings. The molecule has 2 aliphatic rings. The lowest BCUT2D eigenvalue weighted by atomic mass is 9.85. The van der Waals surface area contributed by atoms with Crippen molar-refractivity contribution in [1.82, 2.24) is 4.90 Å². The molecule has 1 saturated carbocycles. The normalized spacial score (nSPS) is 35.2. The van der Waals surface area contributed by atoms with Crippen LogP contribution in [0.25, 0.3) is 0 Å². The zero-order chi connectivity index (χ0) is 9.97. The van der Waals surface area contributed by atoms with E-state index in [-0.39, 0.29) is 0 Å². The minimum atomic E-state index is 0.847. The van der Waals surface area contributed by atoms with Crippen LogP contribution >= 0.6 is 0 Å². The molecule has 0 spiro atoms. The third kappa shape index (κ3) is 2.09. The van der Waals surface area contributed by atoms with Gasteiger partial charge in [0.25, 0.3) is 0 Å². The largest absolute Gasteiger partial charge is 0.309 e. The molecule has 3 unspecified atom stereocenters. The van der Waals surface area contributed by atoms with Gasteiger partial charge >= 0.3 is 0 Å². The number of nitrogens with zero attached hydrogens (tertiary/aromatic N) is 1. The van der Waals surface area contributed by atoms with E-state index >= 15 is 0 Å². The van der Waals surface area contributed by atoms with E-state index in [1.807, 2.05) is 0 Å². The average Bonchev–Trinajstić information content (AvgIpc) is 2.58. The minimum absolute atomic E-state index is 0.847. The summed E-state index contributed by atoms with van der Waals surface area (Å²) in [5.41, 5.74) is 0. The van der Waals surface area contributed by atoms with Crippen LogP contribution in [0.15, 0.2) is 24.3 Å². The molecule has 3 atom stereocenters. The van der Waals surface area contributed by atoms with Crippen molar-refractivity contribution in [1.29, 1.82) is 0 Å². The lowest BCUT2D eigenvalue weighted by Crippen LogP contribution is -2.20. The van der Waals surface area contributed by atoms with Crippen LogP contribution in [0.4, 0.5) is 0 Å². The van der Waals surface area contributed by atoms with Gasteiger partial charge in [-0.2, -0.15) is 0 Å². The predicted octanol–water partition coefficient (Wildman–Crippen LogP) is 2.71. The molecule has 1 heteroatoms. The molecule has 0 heterocycles. The van der Waals surface area contributed by atoms with Crippen LogP contribution in [0.5, 0.6) is 0 Å². The minimum Gasteiger partial charge on any atom is -0.309 e. The maximum Gasteiger partial charge on any atom is -0.00220 e. The Morgan fingerprint density at radius 2 is 1.93 bits per heavy atom. The first-order valence-electron chi connectivity index (χ1n) is 5.77. The van der Waals surface area contributed by atoms with Gasteiger partial charge in [-0.05, 0) is 57.7 Å². The molecule has 0 aromatic heterocycles. The number of rotatable bonds is 3. The highest BCUT2D eigenvalue weighted by Gasteiger charge is 2.33. The summed E-state index contributed by atoms with van der Waals surface area (Å²) in [6, 6.07) is 0. The summed E-state index contributed by atoms with van der Waals surface area (Å²) < 4.78 is 0. The molecule has 0 saturated heterocycles. The van der Waals surface area contributed by atoms with Gasteiger partial charge in [0.2, 0.25) is 0 Å². The molecule has 0 aromatic carbocycles. The average molecular weight is 191 g/mol. The summed E-state index contributed by atoms with van der Waals surface area (Å²) in [6.45, 7) is 1.24. The van der Waals surface area contributed by atoms with Crippen molar-refractivity contribution >= 4 is 0 Å². The molecule has 0 aliphatic heterocycles. The second-order valence-corrected chi connectivity index (χ2v) is 4.94. The third-order valence-corrected chi connectivity index (χ3v) is 3.66. The van der Waals surface area contributed by atoms with Gasteiger partial charge in [0.1, 0.15) is 0 Å². The molecule has 0 amide bonds. The molecule has 0 aromatic rings. The summed E-state index contributed by atoms with van der Waals surface area (Å²) in [5, 5.41) is 0. The van der Waals surface area contributed by atoms with Crippen molar-refractivity contribution in [3.8, 4) is 0 Å². The van der Waals surface area contributed by atoms with Crippen molar-refractivity contribution in [2.24, 2.45) is 17.8 Å². The number of hydrogen-bond acceptors (Lipinski definition) is 1. The van der Waals surface area contributed by atoms with Crippen LogP contribution in [0.3, 0.4) is 0 Å². The number of allylic oxidation sites excluding steroid dienone is 4. The van der Waals surface area contributed by atoms with Crippen molar-refractivity contribution in [3.63, 3.8) is 0 Å². The first-order valence-corrected chi connectivity index (χ1v) is 5.77. The Hall–Kier alpha value is -0.560. The predicted molar refractivity (Wildman–Crippen MR) is 61.2 cm³/mol. The fourth-order valence-corrected chi connectivity index (χ4v) is 2.83. The van der Waals surface area contributed by atoms with Crippen LogP contribution in [-0.4, -0.2) is 25.5 Å². The van der Waals surface area contributed by atoms with Crippen LogP contribution in [0, 0.1) is 17.8 Å². The quantitative estimate of drug-likeness (QED) is 0.663. The summed E-state index contributed by atoms with van der Waals surface area (Å²) in [6.07, 6.45) is 13.5. The standard InChI is InChI=1S/C13H21N/c1-14(2)10-9-12-8-7-11-5-3-4-6-13(11)12/h3-6,11-13H,7-10H2,1-2H3. The molecule has 2 aliphatic carbocycles. The van der Waals surface area contributed by atoms with Gasteiger partial charge in [0.15, 0.2) is 0 Å². The third-order valence-electron chi connectivity index (χ3n) is 3.66. The maximum atomic E-state index is 2.43. The van der Waals surface area contributed by atoms with Gasteiger partial charge in [-0.1, -0.05) is 24.3 Å². The van der Waals surface area contributed by atoms with E-state index in [2.05, 4.69) is 43.3 Å². The first kappa shape index (κ1) is 9.97. The molecular weight excluding hydrogens is 170 g/mol. The van der Waals surface area contributed by atoms with Crippen molar-refractivity contribution in [3.05, 3.63) is 24.3 Å². The van der Waals surface area contributed by atoms with Gasteiger partial charge in [0.05, 0.1) is 0 Å². The van der Waals surface area contributed by atoms with Gasteiger partial charge in [-0.3, -0.25) is 0 Å². The molecule has 78 valence electrons. The Balaban J connectivity index is 1.89. The molecule has 0 N–H and O–H groups in total. The van der Waals surface area contributed by atoms with Crippen LogP contribution < -0.4 is 0 Å². The summed E-state index contributed by atoms with van der Waals surface area (Å²) in [5.74, 6) is 2.63. The summed E-state index contributed by atoms with van der Waals surface area (Å²) >= 11 is 0. The van der Waals surface area contributed by atoms with Gasteiger partial charge in [0, 0.05) is 0 Å². The topological polar surface area (TPSA) is 3.24 Å². The highest BCUT2D eigenvalue weighted by Crippen LogP contribution is 2.42. The van der Waals surface area contributed by atoms with Gasteiger partial charge in [-0.25, -0.2) is 0 Å². The Morgan fingerprint density at radius 1 is 1.14 bits per heavy atom. The van der Waals surface area contributed by atoms with E-state index in [1.54, 1.807) is 0 Å². The fourth-order valence-electron chi connectivity index (χ4n) is 2.83. The molecule has 14 heavy (non-hydrogen) atoms. The monoisotopic (exact) mass is 191 g/mol. The van der Waals surface area contributed by atoms with Gasteiger partial charge in [-0.15, -0.1) is 0 Å². The van der Waals surface area contributed by atoms with E-state index in [9.17, 15) is 0 Å². The Bertz CT molecular complexity index is 240. The van der Waals surface area contributed by atoms with Crippen LogP contribution in [0.2, 0.25) is 0 Å². The lowest BCUT2D eigenvalue weighted by molar-refractivity contribution is 0.318. The maximum absolute atomic E-state index is 2.43. The van der Waals surface area contributed by atoms with E-state index < -0.39 is 0 Å². The first-order chi connectivity index (χ1) is 6.77. The molecule has 2 rings (SSSR count). The van der Waals surface area contributed by atoms with Crippen molar-refractivity contribution in [2.45, 2.75) is 19.3 Å². The Labute approximate surface area is 87.5 Å². The zero-order valence-corrected chi connectivity index (χ0v) is 9.32. The van der Waals surface area contributed by atoms with Crippen molar-refractivity contribution in [2.75, 3.05) is 20.6 Å². The number of hydrogen-bond donors (Lipinski definition) is 0. The van der Waals surface area contributed by atoms with Crippen molar-refractivity contribution < 1.29 is 0 Å². The second kappa shape index (κ2) is 4.31. The Morgan fingerprint density at radius 3 is 2.71 bits per heavy atom. The second-order valence-electron chi connectivity index (χ2n) is 4.94. The van der Waals surface area contributed by atoms with Gasteiger partial charge < -0.3 is 4.90 Å². The summed E-state index contributed by atoms with van der Waals surface area (Å²) in [4.78, 5) is 2.30. The Kier molecular flexibility index (Phi) is 3.07. The zero-order valence-electron chi connectivity index (χ0n) is 9.32.